The van der Waals surface area contributed by atoms with Gasteiger partial charge in [0.05, 0.1) is 11.0 Å². The van der Waals surface area contributed by atoms with Crippen LogP contribution in [0.4, 0.5) is 10.5 Å². The van der Waals surface area contributed by atoms with Crippen LogP contribution in [-0.2, 0) is 4.79 Å². The molecule has 100 valence electrons. The molecule has 1 atom stereocenters. The van der Waals surface area contributed by atoms with E-state index < -0.39 is 18.0 Å². The highest BCUT2D eigenvalue weighted by atomic mass is 16.3. The average molecular weight is 269 g/mol. The maximum absolute atomic E-state index is 12.1. The molecule has 0 bridgehead atoms. The van der Waals surface area contributed by atoms with Gasteiger partial charge in [0.25, 0.3) is 5.91 Å². The summed E-state index contributed by atoms with van der Waals surface area (Å²) < 4.78 is 0. The van der Waals surface area contributed by atoms with Gasteiger partial charge in [-0.15, -0.1) is 4.91 Å². The van der Waals surface area contributed by atoms with Crippen molar-refractivity contribution in [2.24, 2.45) is 5.29 Å². The summed E-state index contributed by atoms with van der Waals surface area (Å²) in [5.41, 5.74) is 0.441. The summed E-state index contributed by atoms with van der Waals surface area (Å²) in [4.78, 5) is 35.7. The van der Waals surface area contributed by atoms with Crippen molar-refractivity contribution in [3.8, 4) is 0 Å². The van der Waals surface area contributed by atoms with Crippen LogP contribution >= 0.6 is 0 Å². The van der Waals surface area contributed by atoms with E-state index in [0.29, 0.717) is 10.7 Å². The zero-order valence-electron chi connectivity index (χ0n) is 10.7. The van der Waals surface area contributed by atoms with E-state index in [-0.39, 0.29) is 0 Å². The minimum absolute atomic E-state index is 0.441. The zero-order chi connectivity index (χ0) is 14.3. The van der Waals surface area contributed by atoms with Crippen molar-refractivity contribution in [3.63, 3.8) is 0 Å². The molecule has 0 aromatic heterocycles. The Labute approximate surface area is 114 Å². The van der Waals surface area contributed by atoms with E-state index in [0.717, 1.165) is 15.7 Å². The number of fused-ring (bicyclic) bond motifs is 1. The summed E-state index contributed by atoms with van der Waals surface area (Å²) in [5.74, 6) is -0.454. The van der Waals surface area contributed by atoms with Crippen LogP contribution < -0.4 is 4.90 Å². The number of carbonyl (C=O) groups is 2. The molecule has 6 nitrogen and oxygen atoms in total. The molecule has 1 heterocycles. The predicted octanol–water partition coefficient (Wildman–Crippen LogP) is 2.68. The summed E-state index contributed by atoms with van der Waals surface area (Å²) in [6.07, 6.45) is 0. The van der Waals surface area contributed by atoms with E-state index in [1.165, 1.54) is 6.92 Å². The largest absolute Gasteiger partial charge is 0.355 e. The molecule has 0 radical (unpaired) electrons. The Morgan fingerprint density at radius 1 is 1.05 bits per heavy atom. The summed E-state index contributed by atoms with van der Waals surface area (Å²) in [6.45, 7) is 1.47. The van der Waals surface area contributed by atoms with Crippen LogP contribution in [0.1, 0.15) is 6.92 Å². The third-order valence-electron chi connectivity index (χ3n) is 3.41. The highest BCUT2D eigenvalue weighted by molar-refractivity contribution is 6.21. The van der Waals surface area contributed by atoms with Gasteiger partial charge in [0.2, 0.25) is 0 Å². The van der Waals surface area contributed by atoms with Crippen LogP contribution in [0, 0.1) is 4.91 Å². The average Bonchev–Trinajstić information content (AvgIpc) is 2.68. The Balaban J connectivity index is 2.08. The van der Waals surface area contributed by atoms with Crippen LogP contribution in [0.3, 0.4) is 0 Å². The number of benzene rings is 2. The number of urea groups is 1. The Morgan fingerprint density at radius 2 is 1.75 bits per heavy atom. The van der Waals surface area contributed by atoms with Crippen LogP contribution in [0.2, 0.25) is 0 Å². The minimum Gasteiger partial charge on any atom is -0.271 e. The second-order valence-electron chi connectivity index (χ2n) is 4.59. The number of hydrogen-bond donors (Lipinski definition) is 0. The molecule has 1 aliphatic rings. The van der Waals surface area contributed by atoms with E-state index in [2.05, 4.69) is 5.29 Å². The van der Waals surface area contributed by atoms with Gasteiger partial charge in [-0.25, -0.2) is 9.69 Å². The minimum atomic E-state index is -0.869. The van der Waals surface area contributed by atoms with Crippen molar-refractivity contribution in [3.05, 3.63) is 47.4 Å². The van der Waals surface area contributed by atoms with Crippen molar-refractivity contribution in [2.75, 3.05) is 4.90 Å². The fourth-order valence-corrected chi connectivity index (χ4v) is 2.31. The lowest BCUT2D eigenvalue weighted by Crippen LogP contribution is -2.31. The van der Waals surface area contributed by atoms with Gasteiger partial charge in [-0.3, -0.25) is 4.79 Å². The van der Waals surface area contributed by atoms with Gasteiger partial charge in [0.15, 0.2) is 0 Å². The first kappa shape index (κ1) is 12.3. The van der Waals surface area contributed by atoms with Crippen molar-refractivity contribution in [2.45, 2.75) is 13.0 Å². The van der Waals surface area contributed by atoms with E-state index in [1.54, 1.807) is 12.1 Å². The first-order valence-corrected chi connectivity index (χ1v) is 6.12. The number of nitroso groups, excluding NO2 is 1. The normalized spacial score (nSPS) is 18.9. The topological polar surface area (TPSA) is 70.1 Å². The SMILES string of the molecule is CC1C(=O)N(c2ccc3ccccc3c2)C(=O)N1N=O. The number of hydrogen-bond acceptors (Lipinski definition) is 4. The first-order chi connectivity index (χ1) is 9.63. The number of carbonyl (C=O) groups excluding carboxylic acids is 2. The number of amides is 3. The van der Waals surface area contributed by atoms with Crippen LogP contribution in [-0.4, -0.2) is 23.0 Å². The number of nitrogens with zero attached hydrogens (tertiary/aromatic N) is 3. The van der Waals surface area contributed by atoms with Gasteiger partial charge in [0.1, 0.15) is 6.04 Å². The molecular weight excluding hydrogens is 258 g/mol. The van der Waals surface area contributed by atoms with Crippen molar-refractivity contribution < 1.29 is 9.59 Å². The molecule has 1 fully saturated rings. The van der Waals surface area contributed by atoms with E-state index in [9.17, 15) is 14.5 Å². The standard InChI is InChI=1S/C14H11N3O3/c1-9-13(18)16(14(19)17(9)15-20)12-7-6-10-4-2-3-5-11(10)8-12/h2-9H,1H3. The van der Waals surface area contributed by atoms with Gasteiger partial charge in [0, 0.05) is 0 Å². The quantitative estimate of drug-likeness (QED) is 0.621. The monoisotopic (exact) mass is 269 g/mol. The number of imide groups is 1. The van der Waals surface area contributed by atoms with Crippen LogP contribution in [0.25, 0.3) is 10.8 Å². The fourth-order valence-electron chi connectivity index (χ4n) is 2.31. The molecule has 6 heteroatoms. The molecule has 0 aliphatic carbocycles. The Morgan fingerprint density at radius 3 is 2.40 bits per heavy atom. The summed E-state index contributed by atoms with van der Waals surface area (Å²) in [5, 5.41) is 5.18. The Bertz CT molecular complexity index is 728. The molecule has 0 spiro atoms. The van der Waals surface area contributed by atoms with Crippen molar-refractivity contribution in [1.82, 2.24) is 5.01 Å². The molecule has 3 amide bonds. The van der Waals surface area contributed by atoms with Gasteiger partial charge < -0.3 is 0 Å². The molecule has 2 aromatic carbocycles. The second-order valence-corrected chi connectivity index (χ2v) is 4.59. The lowest BCUT2D eigenvalue weighted by Gasteiger charge is -2.13. The lowest BCUT2D eigenvalue weighted by molar-refractivity contribution is -0.119. The highest BCUT2D eigenvalue weighted by Crippen LogP contribution is 2.28. The predicted molar refractivity (Wildman–Crippen MR) is 73.9 cm³/mol. The van der Waals surface area contributed by atoms with E-state index >= 15 is 0 Å². The molecule has 20 heavy (non-hydrogen) atoms. The maximum Gasteiger partial charge on any atom is 0.355 e. The number of anilines is 1. The molecule has 0 saturated carbocycles. The third-order valence-corrected chi connectivity index (χ3v) is 3.41. The Hall–Kier alpha value is -2.76. The van der Waals surface area contributed by atoms with Crippen molar-refractivity contribution >= 4 is 28.4 Å². The third kappa shape index (κ3) is 1.65. The van der Waals surface area contributed by atoms with Crippen LogP contribution in [0.5, 0.6) is 0 Å². The molecule has 1 unspecified atom stereocenters. The summed E-state index contributed by atoms with van der Waals surface area (Å²) in [7, 11) is 0. The van der Waals surface area contributed by atoms with Crippen LogP contribution in [0.15, 0.2) is 47.8 Å². The smallest absolute Gasteiger partial charge is 0.271 e. The fraction of sp³-hybridized carbons (Fsp3) is 0.143. The van der Waals surface area contributed by atoms with E-state index in [1.807, 2.05) is 30.3 Å². The molecule has 3 rings (SSSR count). The Kier molecular flexibility index (Phi) is 2.71. The molecule has 0 N–H and O–H groups in total. The van der Waals surface area contributed by atoms with Gasteiger partial charge in [-0.2, -0.15) is 5.01 Å². The summed E-state index contributed by atoms with van der Waals surface area (Å²) >= 11 is 0. The van der Waals surface area contributed by atoms with Crippen molar-refractivity contribution in [1.29, 1.82) is 0 Å². The van der Waals surface area contributed by atoms with Gasteiger partial charge in [-0.1, -0.05) is 30.3 Å². The zero-order valence-corrected chi connectivity index (χ0v) is 10.7. The van der Waals surface area contributed by atoms with Gasteiger partial charge in [-0.05, 0) is 29.8 Å². The first-order valence-electron chi connectivity index (χ1n) is 6.12. The maximum atomic E-state index is 12.1. The lowest BCUT2D eigenvalue weighted by atomic mass is 10.1. The molecule has 1 saturated heterocycles. The molecular formula is C14H11N3O3. The second kappa shape index (κ2) is 4.41. The summed E-state index contributed by atoms with van der Waals surface area (Å²) in [6, 6.07) is 11.3. The molecule has 2 aromatic rings. The van der Waals surface area contributed by atoms with E-state index in [4.69, 9.17) is 0 Å². The van der Waals surface area contributed by atoms with Gasteiger partial charge >= 0.3 is 6.03 Å². The highest BCUT2D eigenvalue weighted by Gasteiger charge is 2.44. The molecule has 1 aliphatic heterocycles. The number of rotatable bonds is 2.